The van der Waals surface area contributed by atoms with Gasteiger partial charge in [-0.1, -0.05) is 0 Å². The van der Waals surface area contributed by atoms with E-state index in [-0.39, 0.29) is 0 Å². The molecule has 0 aromatic rings. The predicted molar refractivity (Wildman–Crippen MR) is 60.9 cm³/mol. The Morgan fingerprint density at radius 1 is 1.47 bits per heavy atom. The summed E-state index contributed by atoms with van der Waals surface area (Å²) >= 11 is 0. The van der Waals surface area contributed by atoms with Gasteiger partial charge < -0.3 is 15.2 Å². The zero-order chi connectivity index (χ0) is 11.1. The van der Waals surface area contributed by atoms with Crippen LogP contribution in [0.4, 0.5) is 0 Å². The Morgan fingerprint density at radius 2 is 2.27 bits per heavy atom. The first-order valence-electron chi connectivity index (χ1n) is 5.83. The molecule has 0 bridgehead atoms. The Labute approximate surface area is 92.7 Å². The number of hydrogen-bond donors (Lipinski definition) is 1. The number of morpholine rings is 1. The van der Waals surface area contributed by atoms with Crippen LogP contribution >= 0.6 is 0 Å². The van der Waals surface area contributed by atoms with Gasteiger partial charge in [-0.05, 0) is 26.3 Å². The van der Waals surface area contributed by atoms with E-state index in [9.17, 15) is 0 Å². The van der Waals surface area contributed by atoms with Crippen molar-refractivity contribution in [1.29, 1.82) is 0 Å². The van der Waals surface area contributed by atoms with Gasteiger partial charge in [0.25, 0.3) is 0 Å². The third-order valence-electron chi connectivity index (χ3n) is 2.71. The van der Waals surface area contributed by atoms with E-state index in [0.29, 0.717) is 18.8 Å². The van der Waals surface area contributed by atoms with Gasteiger partial charge in [0.05, 0.1) is 12.2 Å². The van der Waals surface area contributed by atoms with Crippen molar-refractivity contribution in [2.75, 3.05) is 39.9 Å². The van der Waals surface area contributed by atoms with Crippen molar-refractivity contribution in [2.45, 2.75) is 32.0 Å². The molecule has 1 heterocycles. The Bertz CT molecular complexity index is 167. The van der Waals surface area contributed by atoms with Crippen molar-refractivity contribution in [3.8, 4) is 0 Å². The number of nitrogens with two attached hydrogens (primary N) is 1. The van der Waals surface area contributed by atoms with Crippen LogP contribution < -0.4 is 5.73 Å². The Hall–Kier alpha value is -0.160. The quantitative estimate of drug-likeness (QED) is 0.655. The highest BCUT2D eigenvalue weighted by Crippen LogP contribution is 2.13. The van der Waals surface area contributed by atoms with E-state index in [1.165, 1.54) is 0 Å². The van der Waals surface area contributed by atoms with Gasteiger partial charge in [-0.2, -0.15) is 0 Å². The SMILES string of the molecule is COCCCN1CC(C)OC(CCN)C1. The molecule has 1 aliphatic heterocycles. The summed E-state index contributed by atoms with van der Waals surface area (Å²) < 4.78 is 10.9. The standard InChI is InChI=1S/C11H24N2O2/c1-10-8-13(6-3-7-14-2)9-11(15-10)4-5-12/h10-11H,3-9,12H2,1-2H3. The first kappa shape index (κ1) is 12.9. The van der Waals surface area contributed by atoms with E-state index >= 15 is 0 Å². The van der Waals surface area contributed by atoms with Gasteiger partial charge in [0, 0.05) is 33.4 Å². The summed E-state index contributed by atoms with van der Waals surface area (Å²) in [5, 5.41) is 0. The predicted octanol–water partition coefficient (Wildman–Crippen LogP) is 0.461. The van der Waals surface area contributed by atoms with E-state index in [2.05, 4.69) is 11.8 Å². The van der Waals surface area contributed by atoms with Crippen molar-refractivity contribution < 1.29 is 9.47 Å². The Balaban J connectivity index is 2.24. The molecule has 0 aliphatic carbocycles. The molecule has 1 fully saturated rings. The molecule has 0 radical (unpaired) electrons. The molecule has 4 heteroatoms. The second kappa shape index (κ2) is 7.17. The van der Waals surface area contributed by atoms with Crippen LogP contribution in [-0.4, -0.2) is 57.0 Å². The summed E-state index contributed by atoms with van der Waals surface area (Å²) in [5.74, 6) is 0. The summed E-state index contributed by atoms with van der Waals surface area (Å²) in [6, 6.07) is 0. The molecule has 2 atom stereocenters. The van der Waals surface area contributed by atoms with E-state index in [1.54, 1.807) is 7.11 Å². The lowest BCUT2D eigenvalue weighted by atomic mass is 10.1. The van der Waals surface area contributed by atoms with Gasteiger partial charge >= 0.3 is 0 Å². The topological polar surface area (TPSA) is 47.7 Å². The van der Waals surface area contributed by atoms with Crippen molar-refractivity contribution in [3.63, 3.8) is 0 Å². The minimum atomic E-state index is 0.321. The first-order valence-corrected chi connectivity index (χ1v) is 5.83. The lowest BCUT2D eigenvalue weighted by Crippen LogP contribution is -2.47. The maximum Gasteiger partial charge on any atom is 0.0718 e. The summed E-state index contributed by atoms with van der Waals surface area (Å²) in [6.45, 7) is 6.83. The van der Waals surface area contributed by atoms with Crippen molar-refractivity contribution in [2.24, 2.45) is 5.73 Å². The zero-order valence-corrected chi connectivity index (χ0v) is 9.95. The minimum absolute atomic E-state index is 0.321. The van der Waals surface area contributed by atoms with Crippen molar-refractivity contribution in [3.05, 3.63) is 0 Å². The number of hydrogen-bond acceptors (Lipinski definition) is 4. The van der Waals surface area contributed by atoms with Crippen LogP contribution in [-0.2, 0) is 9.47 Å². The van der Waals surface area contributed by atoms with Crippen LogP contribution in [0, 0.1) is 0 Å². The maximum atomic E-state index is 5.81. The van der Waals surface area contributed by atoms with E-state index in [1.807, 2.05) is 0 Å². The van der Waals surface area contributed by atoms with Crippen LogP contribution in [0.5, 0.6) is 0 Å². The second-order valence-electron chi connectivity index (χ2n) is 4.25. The van der Waals surface area contributed by atoms with Crippen LogP contribution in [0.15, 0.2) is 0 Å². The molecule has 4 nitrogen and oxygen atoms in total. The number of methoxy groups -OCH3 is 1. The average molecular weight is 216 g/mol. The molecule has 15 heavy (non-hydrogen) atoms. The number of ether oxygens (including phenoxy) is 2. The second-order valence-corrected chi connectivity index (χ2v) is 4.25. The largest absolute Gasteiger partial charge is 0.385 e. The molecular formula is C11H24N2O2. The third kappa shape index (κ3) is 4.93. The van der Waals surface area contributed by atoms with Gasteiger partial charge in [0.2, 0.25) is 0 Å². The summed E-state index contributed by atoms with van der Waals surface area (Å²) in [6.07, 6.45) is 2.71. The maximum absolute atomic E-state index is 5.81. The molecule has 90 valence electrons. The van der Waals surface area contributed by atoms with Gasteiger partial charge in [0.15, 0.2) is 0 Å². The third-order valence-corrected chi connectivity index (χ3v) is 2.71. The Morgan fingerprint density at radius 3 is 2.93 bits per heavy atom. The van der Waals surface area contributed by atoms with Crippen LogP contribution in [0.25, 0.3) is 0 Å². The molecule has 0 aromatic carbocycles. The fourth-order valence-corrected chi connectivity index (χ4v) is 2.10. The van der Waals surface area contributed by atoms with E-state index < -0.39 is 0 Å². The number of rotatable bonds is 6. The van der Waals surface area contributed by atoms with Gasteiger partial charge in [-0.3, -0.25) is 4.90 Å². The van der Waals surface area contributed by atoms with Crippen LogP contribution in [0.3, 0.4) is 0 Å². The molecule has 1 aliphatic rings. The molecule has 0 spiro atoms. The summed E-state index contributed by atoms with van der Waals surface area (Å²) in [5.41, 5.74) is 5.55. The highest BCUT2D eigenvalue weighted by atomic mass is 16.5. The van der Waals surface area contributed by atoms with Crippen LogP contribution in [0.1, 0.15) is 19.8 Å². The minimum Gasteiger partial charge on any atom is -0.385 e. The smallest absolute Gasteiger partial charge is 0.0718 e. The van der Waals surface area contributed by atoms with Crippen LogP contribution in [0.2, 0.25) is 0 Å². The molecular weight excluding hydrogens is 192 g/mol. The van der Waals surface area contributed by atoms with Gasteiger partial charge in [-0.15, -0.1) is 0 Å². The summed E-state index contributed by atoms with van der Waals surface area (Å²) in [7, 11) is 1.75. The molecule has 2 N–H and O–H groups in total. The molecule has 0 aromatic heterocycles. The molecule has 1 rings (SSSR count). The van der Waals surface area contributed by atoms with E-state index in [0.717, 1.165) is 39.1 Å². The first-order chi connectivity index (χ1) is 7.26. The molecule has 2 unspecified atom stereocenters. The normalized spacial score (nSPS) is 28.2. The average Bonchev–Trinajstić information content (AvgIpc) is 2.18. The Kier molecular flexibility index (Phi) is 6.17. The van der Waals surface area contributed by atoms with Crippen molar-refractivity contribution in [1.82, 2.24) is 4.90 Å². The fraction of sp³-hybridized carbons (Fsp3) is 1.00. The zero-order valence-electron chi connectivity index (χ0n) is 9.95. The van der Waals surface area contributed by atoms with Gasteiger partial charge in [0.1, 0.15) is 0 Å². The molecule has 1 saturated heterocycles. The fourth-order valence-electron chi connectivity index (χ4n) is 2.10. The summed E-state index contributed by atoms with van der Waals surface area (Å²) in [4.78, 5) is 2.45. The van der Waals surface area contributed by atoms with E-state index in [4.69, 9.17) is 15.2 Å². The monoisotopic (exact) mass is 216 g/mol. The van der Waals surface area contributed by atoms with Gasteiger partial charge in [-0.25, -0.2) is 0 Å². The molecule has 0 saturated carbocycles. The highest BCUT2D eigenvalue weighted by molar-refractivity contribution is 4.75. The molecule has 0 amide bonds. The van der Waals surface area contributed by atoms with Crippen molar-refractivity contribution >= 4 is 0 Å². The lowest BCUT2D eigenvalue weighted by Gasteiger charge is -2.36. The highest BCUT2D eigenvalue weighted by Gasteiger charge is 2.23. The lowest BCUT2D eigenvalue weighted by molar-refractivity contribution is -0.0794. The number of nitrogens with zero attached hydrogens (tertiary/aromatic N) is 1.